The van der Waals surface area contributed by atoms with Crippen molar-refractivity contribution in [1.29, 1.82) is 0 Å². The molecule has 1 aliphatic rings. The van der Waals surface area contributed by atoms with Crippen molar-refractivity contribution in [3.05, 3.63) is 6.33 Å². The van der Waals surface area contributed by atoms with Crippen molar-refractivity contribution in [2.75, 3.05) is 50.6 Å². The van der Waals surface area contributed by atoms with Gasteiger partial charge in [-0.25, -0.2) is 9.97 Å². The monoisotopic (exact) mass is 279 g/mol. The van der Waals surface area contributed by atoms with Crippen LogP contribution in [0.15, 0.2) is 6.33 Å². The quantitative estimate of drug-likeness (QED) is 0.900. The lowest BCUT2D eigenvalue weighted by Gasteiger charge is -2.30. The van der Waals surface area contributed by atoms with E-state index in [0.29, 0.717) is 6.04 Å². The molecular weight excluding hydrogens is 254 g/mol. The second-order valence-electron chi connectivity index (χ2n) is 5.27. The summed E-state index contributed by atoms with van der Waals surface area (Å²) in [6, 6.07) is 0.403. The van der Waals surface area contributed by atoms with Crippen molar-refractivity contribution < 1.29 is 4.74 Å². The van der Waals surface area contributed by atoms with Crippen LogP contribution in [0.25, 0.3) is 0 Å². The first-order chi connectivity index (χ1) is 9.67. The van der Waals surface area contributed by atoms with Crippen LogP contribution in [0.4, 0.5) is 11.6 Å². The first kappa shape index (κ1) is 14.8. The summed E-state index contributed by atoms with van der Waals surface area (Å²) in [5.41, 5.74) is 0. The maximum atomic E-state index is 5.56. The number of rotatable bonds is 4. The Morgan fingerprint density at radius 3 is 2.90 bits per heavy atom. The molecule has 1 aromatic rings. The van der Waals surface area contributed by atoms with E-state index >= 15 is 0 Å². The van der Waals surface area contributed by atoms with Gasteiger partial charge in [0.05, 0.1) is 7.11 Å². The van der Waals surface area contributed by atoms with Gasteiger partial charge in [0.15, 0.2) is 11.6 Å². The van der Waals surface area contributed by atoms with Crippen molar-refractivity contribution in [2.24, 2.45) is 0 Å². The van der Waals surface area contributed by atoms with E-state index in [9.17, 15) is 0 Å². The first-order valence-electron chi connectivity index (χ1n) is 7.25. The van der Waals surface area contributed by atoms with Crippen LogP contribution in [0.1, 0.15) is 20.3 Å². The number of nitrogens with zero attached hydrogens (tertiary/aromatic N) is 4. The second kappa shape index (κ2) is 6.74. The van der Waals surface area contributed by atoms with Crippen LogP contribution in [-0.2, 0) is 0 Å². The van der Waals surface area contributed by atoms with E-state index in [0.717, 1.165) is 50.0 Å². The Kier molecular flexibility index (Phi) is 5.00. The summed E-state index contributed by atoms with van der Waals surface area (Å²) in [5, 5.41) is 3.23. The fraction of sp³-hybridized carbons (Fsp3) is 0.714. The lowest BCUT2D eigenvalue weighted by molar-refractivity contribution is 0.336. The molecule has 0 radical (unpaired) electrons. The molecule has 0 amide bonds. The summed E-state index contributed by atoms with van der Waals surface area (Å²) in [5.74, 6) is 2.40. The fourth-order valence-electron chi connectivity index (χ4n) is 2.74. The molecule has 0 spiro atoms. The third-order valence-electron chi connectivity index (χ3n) is 3.65. The summed E-state index contributed by atoms with van der Waals surface area (Å²) in [4.78, 5) is 13.4. The zero-order valence-corrected chi connectivity index (χ0v) is 12.9. The number of hydrogen-bond donors (Lipinski definition) is 1. The van der Waals surface area contributed by atoms with E-state index in [1.165, 1.54) is 0 Å². The predicted molar refractivity (Wildman–Crippen MR) is 81.7 cm³/mol. The van der Waals surface area contributed by atoms with Gasteiger partial charge in [0, 0.05) is 25.7 Å². The summed E-state index contributed by atoms with van der Waals surface area (Å²) in [6.45, 7) is 8.23. The SMILES string of the molecule is CCNc1ncnc(N2CCCN(C)CC2C)c1OC. The van der Waals surface area contributed by atoms with Gasteiger partial charge in [-0.3, -0.25) is 0 Å². The number of likely N-dealkylation sites (N-methyl/N-ethyl adjacent to an activating group) is 1. The smallest absolute Gasteiger partial charge is 0.204 e. The lowest BCUT2D eigenvalue weighted by atomic mass is 10.2. The highest BCUT2D eigenvalue weighted by atomic mass is 16.5. The largest absolute Gasteiger partial charge is 0.490 e. The Morgan fingerprint density at radius 1 is 1.40 bits per heavy atom. The molecule has 1 aliphatic heterocycles. The number of methoxy groups -OCH3 is 1. The Bertz CT molecular complexity index is 440. The summed E-state index contributed by atoms with van der Waals surface area (Å²) < 4.78 is 5.56. The normalized spacial score (nSPS) is 20.6. The van der Waals surface area contributed by atoms with E-state index in [2.05, 4.69) is 39.1 Å². The van der Waals surface area contributed by atoms with Crippen molar-refractivity contribution >= 4 is 11.6 Å². The molecule has 112 valence electrons. The standard InChI is InChI=1S/C14H25N5O/c1-5-15-13-12(20-4)14(17-10-16-13)19-8-6-7-18(3)9-11(19)2/h10-11H,5-9H2,1-4H3,(H,15,16,17). The Labute approximate surface area is 121 Å². The third kappa shape index (κ3) is 3.12. The summed E-state index contributed by atoms with van der Waals surface area (Å²) in [6.07, 6.45) is 2.74. The topological polar surface area (TPSA) is 53.5 Å². The molecule has 1 fully saturated rings. The van der Waals surface area contributed by atoms with Crippen LogP contribution in [0, 0.1) is 0 Å². The van der Waals surface area contributed by atoms with Crippen molar-refractivity contribution in [3.63, 3.8) is 0 Å². The molecule has 1 aromatic heterocycles. The van der Waals surface area contributed by atoms with E-state index < -0.39 is 0 Å². The zero-order valence-electron chi connectivity index (χ0n) is 12.9. The fourth-order valence-corrected chi connectivity index (χ4v) is 2.74. The molecule has 0 aliphatic carbocycles. The summed E-state index contributed by atoms with van der Waals surface area (Å²) >= 11 is 0. The number of anilines is 2. The molecule has 0 saturated carbocycles. The average Bonchev–Trinajstić information content (AvgIpc) is 2.59. The van der Waals surface area contributed by atoms with Gasteiger partial charge < -0.3 is 19.9 Å². The van der Waals surface area contributed by atoms with Crippen LogP contribution in [0.3, 0.4) is 0 Å². The number of ether oxygens (including phenoxy) is 1. The molecule has 6 heteroatoms. The van der Waals surface area contributed by atoms with Gasteiger partial charge in [-0.2, -0.15) is 0 Å². The van der Waals surface area contributed by atoms with E-state index in [4.69, 9.17) is 4.74 Å². The molecular formula is C14H25N5O. The minimum Gasteiger partial charge on any atom is -0.490 e. The number of aromatic nitrogens is 2. The summed E-state index contributed by atoms with van der Waals surface area (Å²) in [7, 11) is 3.85. The maximum absolute atomic E-state index is 5.56. The number of nitrogens with one attached hydrogen (secondary N) is 1. The van der Waals surface area contributed by atoms with Gasteiger partial charge in [-0.1, -0.05) is 0 Å². The molecule has 1 unspecified atom stereocenters. The van der Waals surface area contributed by atoms with E-state index in [-0.39, 0.29) is 0 Å². The Hall–Kier alpha value is -1.56. The van der Waals surface area contributed by atoms with Crippen LogP contribution >= 0.6 is 0 Å². The second-order valence-corrected chi connectivity index (χ2v) is 5.27. The lowest BCUT2D eigenvalue weighted by Crippen LogP contribution is -2.38. The van der Waals surface area contributed by atoms with Crippen LogP contribution < -0.4 is 15.0 Å². The van der Waals surface area contributed by atoms with Gasteiger partial charge in [0.1, 0.15) is 6.33 Å². The highest BCUT2D eigenvalue weighted by molar-refractivity contribution is 5.65. The highest BCUT2D eigenvalue weighted by Crippen LogP contribution is 2.33. The first-order valence-corrected chi connectivity index (χ1v) is 7.25. The zero-order chi connectivity index (χ0) is 14.5. The molecule has 6 nitrogen and oxygen atoms in total. The molecule has 1 N–H and O–H groups in total. The molecule has 1 saturated heterocycles. The number of hydrogen-bond acceptors (Lipinski definition) is 6. The predicted octanol–water partition coefficient (Wildman–Crippen LogP) is 1.45. The van der Waals surface area contributed by atoms with Gasteiger partial charge in [0.25, 0.3) is 0 Å². The third-order valence-corrected chi connectivity index (χ3v) is 3.65. The molecule has 0 aromatic carbocycles. The van der Waals surface area contributed by atoms with Crippen molar-refractivity contribution in [1.82, 2.24) is 14.9 Å². The van der Waals surface area contributed by atoms with Crippen molar-refractivity contribution in [2.45, 2.75) is 26.3 Å². The van der Waals surface area contributed by atoms with Gasteiger partial charge in [0.2, 0.25) is 5.75 Å². The minimum atomic E-state index is 0.403. The van der Waals surface area contributed by atoms with Crippen molar-refractivity contribution in [3.8, 4) is 5.75 Å². The van der Waals surface area contributed by atoms with Crippen LogP contribution in [0.5, 0.6) is 5.75 Å². The van der Waals surface area contributed by atoms with Gasteiger partial charge in [-0.05, 0) is 33.9 Å². The van der Waals surface area contributed by atoms with E-state index in [1.807, 2.05) is 6.92 Å². The van der Waals surface area contributed by atoms with Gasteiger partial charge >= 0.3 is 0 Å². The molecule has 1 atom stereocenters. The van der Waals surface area contributed by atoms with E-state index in [1.54, 1.807) is 13.4 Å². The Balaban J connectivity index is 2.32. The highest BCUT2D eigenvalue weighted by Gasteiger charge is 2.25. The molecule has 20 heavy (non-hydrogen) atoms. The molecule has 2 heterocycles. The molecule has 2 rings (SSSR count). The Morgan fingerprint density at radius 2 is 2.20 bits per heavy atom. The minimum absolute atomic E-state index is 0.403. The average molecular weight is 279 g/mol. The van der Waals surface area contributed by atoms with Crippen LogP contribution in [-0.4, -0.2) is 61.2 Å². The molecule has 0 bridgehead atoms. The maximum Gasteiger partial charge on any atom is 0.204 e. The van der Waals surface area contributed by atoms with Crippen LogP contribution in [0.2, 0.25) is 0 Å². The van der Waals surface area contributed by atoms with Gasteiger partial charge in [-0.15, -0.1) is 0 Å².